The number of nitrogens with zero attached hydrogens (tertiary/aromatic N) is 3. The van der Waals surface area contributed by atoms with Crippen LogP contribution in [-0.4, -0.2) is 102 Å². The first-order chi connectivity index (χ1) is 14.4. The van der Waals surface area contributed by atoms with Gasteiger partial charge in [-0.2, -0.15) is 0 Å². The van der Waals surface area contributed by atoms with E-state index in [2.05, 4.69) is 0 Å². The Hall–Kier alpha value is -2.29. The van der Waals surface area contributed by atoms with Crippen LogP contribution in [0.2, 0.25) is 0 Å². The van der Waals surface area contributed by atoms with Crippen molar-refractivity contribution in [1.82, 2.24) is 14.7 Å². The quantitative estimate of drug-likeness (QED) is 0.594. The van der Waals surface area contributed by atoms with Gasteiger partial charge in [0.15, 0.2) is 0 Å². The molecule has 0 bridgehead atoms. The minimum absolute atomic E-state index is 0. The number of carboxylic acid groups (broad SMARTS) is 2. The largest absolute Gasteiger partial charge is 0.480 e. The zero-order valence-electron chi connectivity index (χ0n) is 18.3. The fourth-order valence-electron chi connectivity index (χ4n) is 3.54. The van der Waals surface area contributed by atoms with E-state index in [4.69, 9.17) is 5.11 Å². The molecule has 1 heterocycles. The van der Waals surface area contributed by atoms with E-state index in [1.807, 2.05) is 54.8 Å². The van der Waals surface area contributed by atoms with Crippen molar-refractivity contribution in [3.8, 4) is 0 Å². The predicted molar refractivity (Wildman–Crippen MR) is 123 cm³/mol. The molecule has 8 heteroatoms. The molecule has 0 radical (unpaired) electrons. The monoisotopic (exact) mass is 437 g/mol. The molecule has 8 nitrogen and oxygen atoms in total. The summed E-state index contributed by atoms with van der Waals surface area (Å²) in [4.78, 5) is 39.4. The summed E-state index contributed by atoms with van der Waals surface area (Å²) in [6.07, 6.45) is 1.51. The van der Waals surface area contributed by atoms with Gasteiger partial charge in [-0.25, -0.2) is 0 Å². The summed E-state index contributed by atoms with van der Waals surface area (Å²) in [6, 6.07) is 8.07. The zero-order valence-corrected chi connectivity index (χ0v) is 18.3. The Bertz CT molecular complexity index is 666. The van der Waals surface area contributed by atoms with Crippen molar-refractivity contribution in [2.75, 3.05) is 52.4 Å². The molecular weight excluding hydrogens is 398 g/mol. The number of rotatable bonds is 8. The summed E-state index contributed by atoms with van der Waals surface area (Å²) in [5, 5.41) is 18.5. The van der Waals surface area contributed by atoms with E-state index in [-0.39, 0.29) is 33.1 Å². The SMILES string of the molecule is C.CC.Cc1ccc(CC2CN(CC=O)CCN(CC(=O)O)CCN2CC(=O)O)cc1. The van der Waals surface area contributed by atoms with E-state index in [1.165, 1.54) is 0 Å². The van der Waals surface area contributed by atoms with Crippen molar-refractivity contribution in [3.05, 3.63) is 35.4 Å². The highest BCUT2D eigenvalue weighted by atomic mass is 16.4. The van der Waals surface area contributed by atoms with E-state index in [9.17, 15) is 19.5 Å². The standard InChI is InChI=1S/C20H29N3O5.C2H6.CH4/c1-16-2-4-17(5-3-16)12-18-13-22(10-11-24)7-6-21(14-19(25)26)8-9-23(18)15-20(27)28;1-2;/h2-5,11,18H,6-10,12-15H2,1H3,(H,25,26)(H,27,28);1-2H3;1H4. The Morgan fingerprint density at radius 1 is 0.968 bits per heavy atom. The maximum Gasteiger partial charge on any atom is 0.317 e. The predicted octanol–water partition coefficient (Wildman–Crippen LogP) is 1.86. The molecule has 1 aromatic carbocycles. The number of hydrogen-bond acceptors (Lipinski definition) is 6. The molecule has 2 N–H and O–H groups in total. The smallest absolute Gasteiger partial charge is 0.317 e. The summed E-state index contributed by atoms with van der Waals surface area (Å²) in [5.41, 5.74) is 2.27. The van der Waals surface area contributed by atoms with Crippen LogP contribution >= 0.6 is 0 Å². The molecule has 0 amide bonds. The van der Waals surface area contributed by atoms with E-state index >= 15 is 0 Å². The van der Waals surface area contributed by atoms with Crippen LogP contribution in [0.3, 0.4) is 0 Å². The van der Waals surface area contributed by atoms with Gasteiger partial charge >= 0.3 is 11.9 Å². The second kappa shape index (κ2) is 15.5. The fraction of sp³-hybridized carbons (Fsp3) is 0.609. The number of carbonyl (C=O) groups excluding carboxylic acids is 1. The van der Waals surface area contributed by atoms with Crippen molar-refractivity contribution < 1.29 is 24.6 Å². The lowest BCUT2D eigenvalue weighted by atomic mass is 10.0. The highest BCUT2D eigenvalue weighted by molar-refractivity contribution is 5.69. The van der Waals surface area contributed by atoms with Crippen LogP contribution in [0, 0.1) is 6.92 Å². The van der Waals surface area contributed by atoms with Gasteiger partial charge in [-0.15, -0.1) is 0 Å². The van der Waals surface area contributed by atoms with Crippen LogP contribution in [0.15, 0.2) is 24.3 Å². The number of aryl methyl sites for hydroxylation is 1. The van der Waals surface area contributed by atoms with E-state index < -0.39 is 11.9 Å². The van der Waals surface area contributed by atoms with Gasteiger partial charge in [0.2, 0.25) is 0 Å². The molecule has 1 aromatic rings. The summed E-state index contributed by atoms with van der Waals surface area (Å²) in [7, 11) is 0. The van der Waals surface area contributed by atoms with Crippen LogP contribution < -0.4 is 0 Å². The Labute approximate surface area is 186 Å². The van der Waals surface area contributed by atoms with Gasteiger partial charge in [0.1, 0.15) is 6.29 Å². The third-order valence-electron chi connectivity index (χ3n) is 5.04. The van der Waals surface area contributed by atoms with Gasteiger partial charge in [0.05, 0.1) is 19.6 Å². The summed E-state index contributed by atoms with van der Waals surface area (Å²) >= 11 is 0. The Morgan fingerprint density at radius 2 is 1.52 bits per heavy atom. The molecule has 2 rings (SSSR count). The van der Waals surface area contributed by atoms with Crippen LogP contribution in [0.1, 0.15) is 32.4 Å². The normalized spacial score (nSPS) is 18.4. The fourth-order valence-corrected chi connectivity index (χ4v) is 3.54. The average Bonchev–Trinajstić information content (AvgIpc) is 2.77. The van der Waals surface area contributed by atoms with Crippen LogP contribution in [-0.2, 0) is 20.8 Å². The minimum atomic E-state index is -0.917. The average molecular weight is 438 g/mol. The molecule has 1 unspecified atom stereocenters. The van der Waals surface area contributed by atoms with E-state index in [0.717, 1.165) is 17.4 Å². The molecule has 1 aliphatic heterocycles. The highest BCUT2D eigenvalue weighted by Crippen LogP contribution is 2.14. The molecule has 0 aliphatic carbocycles. The number of aldehydes is 1. The lowest BCUT2D eigenvalue weighted by Gasteiger charge is -2.33. The molecule has 1 saturated heterocycles. The maximum atomic E-state index is 11.4. The van der Waals surface area contributed by atoms with Crippen LogP contribution in [0.25, 0.3) is 0 Å². The highest BCUT2D eigenvalue weighted by Gasteiger charge is 2.26. The first kappa shape index (κ1) is 28.7. The Morgan fingerprint density at radius 3 is 2.06 bits per heavy atom. The first-order valence-corrected chi connectivity index (χ1v) is 10.5. The number of aliphatic carboxylic acids is 2. The van der Waals surface area contributed by atoms with Crippen molar-refractivity contribution in [3.63, 3.8) is 0 Å². The number of hydrogen-bond donors (Lipinski definition) is 2. The van der Waals surface area contributed by atoms with E-state index in [0.29, 0.717) is 39.1 Å². The lowest BCUT2D eigenvalue weighted by Crippen LogP contribution is -2.48. The van der Waals surface area contributed by atoms with Gasteiger partial charge in [-0.3, -0.25) is 24.3 Å². The van der Waals surface area contributed by atoms with Crippen molar-refractivity contribution in [2.45, 2.75) is 40.7 Å². The van der Waals surface area contributed by atoms with E-state index in [1.54, 1.807) is 4.90 Å². The van der Waals surface area contributed by atoms with Crippen molar-refractivity contribution in [1.29, 1.82) is 0 Å². The minimum Gasteiger partial charge on any atom is -0.480 e. The Kier molecular flexibility index (Phi) is 14.4. The Balaban J connectivity index is 0.00000291. The molecule has 176 valence electrons. The molecule has 0 spiro atoms. The van der Waals surface area contributed by atoms with Gasteiger partial charge in [0, 0.05) is 38.8 Å². The molecule has 1 atom stereocenters. The third-order valence-corrected chi connectivity index (χ3v) is 5.04. The summed E-state index contributed by atoms with van der Waals surface area (Å²) in [6.45, 7) is 8.63. The number of carboxylic acids is 2. The van der Waals surface area contributed by atoms with Gasteiger partial charge in [0.25, 0.3) is 0 Å². The molecular formula is C23H39N3O5. The molecule has 0 saturated carbocycles. The first-order valence-electron chi connectivity index (χ1n) is 10.5. The lowest BCUT2D eigenvalue weighted by molar-refractivity contribution is -0.140. The second-order valence-corrected chi connectivity index (χ2v) is 7.30. The summed E-state index contributed by atoms with van der Waals surface area (Å²) < 4.78 is 0. The van der Waals surface area contributed by atoms with Gasteiger partial charge in [-0.1, -0.05) is 51.1 Å². The summed E-state index contributed by atoms with van der Waals surface area (Å²) in [5.74, 6) is -1.83. The van der Waals surface area contributed by atoms with Crippen molar-refractivity contribution >= 4 is 18.2 Å². The van der Waals surface area contributed by atoms with Crippen molar-refractivity contribution in [2.24, 2.45) is 0 Å². The topological polar surface area (TPSA) is 101 Å². The molecule has 0 aromatic heterocycles. The van der Waals surface area contributed by atoms with Gasteiger partial charge in [-0.05, 0) is 18.9 Å². The number of carbonyl (C=O) groups is 3. The maximum absolute atomic E-state index is 11.4. The molecule has 31 heavy (non-hydrogen) atoms. The second-order valence-electron chi connectivity index (χ2n) is 7.30. The molecule has 1 aliphatic rings. The van der Waals surface area contributed by atoms with Crippen LogP contribution in [0.4, 0.5) is 0 Å². The zero-order chi connectivity index (χ0) is 22.5. The van der Waals surface area contributed by atoms with Crippen LogP contribution in [0.5, 0.6) is 0 Å². The third kappa shape index (κ3) is 11.1. The van der Waals surface area contributed by atoms with Gasteiger partial charge < -0.3 is 15.0 Å². The number of benzene rings is 1. The molecule has 1 fully saturated rings.